The van der Waals surface area contributed by atoms with Crippen molar-refractivity contribution >= 4 is 0 Å². The highest BCUT2D eigenvalue weighted by atomic mass is 15.6. The van der Waals surface area contributed by atoms with Gasteiger partial charge in [0.05, 0.1) is 6.54 Å². The van der Waals surface area contributed by atoms with Crippen molar-refractivity contribution in [1.82, 2.24) is 16.4 Å². The zero-order valence-electron chi connectivity index (χ0n) is 8.16. The minimum absolute atomic E-state index is 0.715. The van der Waals surface area contributed by atoms with Gasteiger partial charge in [-0.05, 0) is 12.8 Å². The van der Waals surface area contributed by atoms with Crippen LogP contribution in [0.5, 0.6) is 0 Å². The van der Waals surface area contributed by atoms with Gasteiger partial charge in [-0.25, -0.2) is 10.9 Å². The second kappa shape index (κ2) is 8.06. The Bertz CT molecular complexity index is 153. The molecular weight excluding hydrogens is 162 g/mol. The van der Waals surface area contributed by atoms with Crippen LogP contribution < -0.4 is 16.4 Å². The van der Waals surface area contributed by atoms with E-state index in [4.69, 9.17) is 0 Å². The molecule has 1 rings (SSSR count). The summed E-state index contributed by atoms with van der Waals surface area (Å²) in [6.45, 7) is 1.74. The van der Waals surface area contributed by atoms with E-state index >= 15 is 0 Å². The van der Waals surface area contributed by atoms with Gasteiger partial charge >= 0.3 is 0 Å². The molecule has 0 atom stereocenters. The highest BCUT2D eigenvalue weighted by Crippen LogP contribution is 2.03. The van der Waals surface area contributed by atoms with Crippen molar-refractivity contribution in [3.8, 4) is 11.8 Å². The van der Waals surface area contributed by atoms with Crippen LogP contribution in [0.4, 0.5) is 0 Å². The second-order valence-electron chi connectivity index (χ2n) is 3.28. The lowest BCUT2D eigenvalue weighted by Crippen LogP contribution is -2.43. The molecule has 0 unspecified atom stereocenters. The predicted octanol–water partition coefficient (Wildman–Crippen LogP) is 0.943. The van der Waals surface area contributed by atoms with Crippen LogP contribution in [0.3, 0.4) is 0 Å². The Hall–Kier alpha value is -0.560. The number of hydrogen-bond acceptors (Lipinski definition) is 3. The van der Waals surface area contributed by atoms with Crippen molar-refractivity contribution < 1.29 is 0 Å². The topological polar surface area (TPSA) is 36.1 Å². The summed E-state index contributed by atoms with van der Waals surface area (Å²) in [5.74, 6) is 6.20. The first-order chi connectivity index (χ1) is 6.50. The van der Waals surface area contributed by atoms with Crippen LogP contribution in [0, 0.1) is 11.8 Å². The van der Waals surface area contributed by atoms with Crippen LogP contribution in [-0.2, 0) is 0 Å². The maximum Gasteiger partial charge on any atom is 0.0725 e. The summed E-state index contributed by atoms with van der Waals surface area (Å²) in [6.07, 6.45) is 7.55. The van der Waals surface area contributed by atoms with Gasteiger partial charge in [0.15, 0.2) is 0 Å². The van der Waals surface area contributed by atoms with Gasteiger partial charge in [-0.3, -0.25) is 0 Å². The molecule has 0 amide bonds. The third-order valence-electron chi connectivity index (χ3n) is 2.08. The molecule has 0 spiro atoms. The molecule has 0 aliphatic carbocycles. The molecule has 1 aliphatic rings. The van der Waals surface area contributed by atoms with E-state index in [0.717, 1.165) is 13.0 Å². The Morgan fingerprint density at radius 2 is 1.62 bits per heavy atom. The minimum atomic E-state index is 0.715. The van der Waals surface area contributed by atoms with E-state index in [9.17, 15) is 0 Å². The number of hydrazine groups is 2. The van der Waals surface area contributed by atoms with E-state index in [-0.39, 0.29) is 0 Å². The van der Waals surface area contributed by atoms with Crippen LogP contribution in [0.2, 0.25) is 0 Å². The van der Waals surface area contributed by atoms with E-state index in [1.165, 1.54) is 32.1 Å². The average Bonchev–Trinajstić information content (AvgIpc) is 2.18. The van der Waals surface area contributed by atoms with Gasteiger partial charge in [0.1, 0.15) is 0 Å². The zero-order valence-corrected chi connectivity index (χ0v) is 8.16. The maximum atomic E-state index is 3.14. The molecule has 0 saturated carbocycles. The molecule has 0 aromatic heterocycles. The van der Waals surface area contributed by atoms with Crippen LogP contribution in [0.25, 0.3) is 0 Å². The Labute approximate surface area is 80.6 Å². The summed E-state index contributed by atoms with van der Waals surface area (Å²) in [7, 11) is 0. The molecule has 0 radical (unpaired) electrons. The fraction of sp³-hybridized carbons (Fsp3) is 0.800. The summed E-state index contributed by atoms with van der Waals surface area (Å²) in [5, 5.41) is 0. The van der Waals surface area contributed by atoms with E-state index < -0.39 is 0 Å². The van der Waals surface area contributed by atoms with Crippen molar-refractivity contribution in [2.24, 2.45) is 0 Å². The maximum absolute atomic E-state index is 3.14. The quantitative estimate of drug-likeness (QED) is 0.487. The van der Waals surface area contributed by atoms with Crippen LogP contribution >= 0.6 is 0 Å². The first-order valence-corrected chi connectivity index (χ1v) is 5.16. The molecule has 1 heterocycles. The Morgan fingerprint density at radius 3 is 2.62 bits per heavy atom. The molecule has 0 aromatic rings. The molecule has 3 nitrogen and oxygen atoms in total. The summed E-state index contributed by atoms with van der Waals surface area (Å²) in [4.78, 5) is 0. The number of nitrogens with one attached hydrogen (secondary N) is 3. The zero-order chi connectivity index (χ0) is 9.19. The van der Waals surface area contributed by atoms with Crippen LogP contribution in [-0.4, -0.2) is 13.1 Å². The normalized spacial score (nSPS) is 21.5. The first kappa shape index (κ1) is 10.5. The van der Waals surface area contributed by atoms with E-state index in [0.29, 0.717) is 6.54 Å². The molecule has 0 bridgehead atoms. The Morgan fingerprint density at radius 1 is 0.769 bits per heavy atom. The van der Waals surface area contributed by atoms with Gasteiger partial charge < -0.3 is 0 Å². The molecule has 0 fully saturated rings. The molecule has 74 valence electrons. The Balaban J connectivity index is 2.12. The van der Waals surface area contributed by atoms with Gasteiger partial charge in [0, 0.05) is 13.0 Å². The third kappa shape index (κ3) is 6.59. The summed E-state index contributed by atoms with van der Waals surface area (Å²) in [5.41, 5.74) is 9.00. The smallest absolute Gasteiger partial charge is 0.0725 e. The van der Waals surface area contributed by atoms with Crippen molar-refractivity contribution in [2.45, 2.75) is 38.5 Å². The lowest BCUT2D eigenvalue weighted by atomic mass is 10.1. The first-order valence-electron chi connectivity index (χ1n) is 5.16. The summed E-state index contributed by atoms with van der Waals surface area (Å²) in [6, 6.07) is 0. The molecular formula is C10H19N3. The third-order valence-corrected chi connectivity index (χ3v) is 2.08. The van der Waals surface area contributed by atoms with Gasteiger partial charge in [-0.2, -0.15) is 5.53 Å². The molecule has 13 heavy (non-hydrogen) atoms. The SMILES string of the molecule is C1#CCNNNCCCCCCC1. The molecule has 3 heteroatoms. The fourth-order valence-corrected chi connectivity index (χ4v) is 1.32. The Kier molecular flexibility index (Phi) is 6.52. The fourth-order valence-electron chi connectivity index (χ4n) is 1.32. The number of rotatable bonds is 0. The summed E-state index contributed by atoms with van der Waals surface area (Å²) >= 11 is 0. The minimum Gasteiger partial charge on any atom is -0.244 e. The predicted molar refractivity (Wildman–Crippen MR) is 54.6 cm³/mol. The summed E-state index contributed by atoms with van der Waals surface area (Å²) < 4.78 is 0. The van der Waals surface area contributed by atoms with E-state index in [1.807, 2.05) is 0 Å². The lowest BCUT2D eigenvalue weighted by molar-refractivity contribution is 0.443. The second-order valence-corrected chi connectivity index (χ2v) is 3.28. The van der Waals surface area contributed by atoms with E-state index in [2.05, 4.69) is 28.2 Å². The van der Waals surface area contributed by atoms with Crippen molar-refractivity contribution in [1.29, 1.82) is 0 Å². The van der Waals surface area contributed by atoms with Crippen molar-refractivity contribution in [3.63, 3.8) is 0 Å². The van der Waals surface area contributed by atoms with Crippen molar-refractivity contribution in [3.05, 3.63) is 0 Å². The molecule has 1 aliphatic heterocycles. The highest BCUT2D eigenvalue weighted by Gasteiger charge is 1.90. The monoisotopic (exact) mass is 181 g/mol. The van der Waals surface area contributed by atoms with Crippen molar-refractivity contribution in [2.75, 3.05) is 13.1 Å². The number of hydrogen-bond donors (Lipinski definition) is 3. The van der Waals surface area contributed by atoms with Gasteiger partial charge in [0.2, 0.25) is 0 Å². The standard InChI is InChI=1S/C10H19N3/c1-2-4-6-8-10-12-13-11-9-7-5-3-1/h11-13H,1-5,7,9-10H2. The lowest BCUT2D eigenvalue weighted by Gasteiger charge is -2.05. The largest absolute Gasteiger partial charge is 0.244 e. The highest BCUT2D eigenvalue weighted by molar-refractivity contribution is 5.00. The van der Waals surface area contributed by atoms with Crippen LogP contribution in [0.15, 0.2) is 0 Å². The average molecular weight is 181 g/mol. The molecule has 0 saturated heterocycles. The van der Waals surface area contributed by atoms with Gasteiger partial charge in [0.25, 0.3) is 0 Å². The van der Waals surface area contributed by atoms with Gasteiger partial charge in [-0.15, -0.1) is 5.92 Å². The van der Waals surface area contributed by atoms with Crippen LogP contribution in [0.1, 0.15) is 38.5 Å². The van der Waals surface area contributed by atoms with E-state index in [1.54, 1.807) is 0 Å². The molecule has 0 aromatic carbocycles. The molecule has 3 N–H and O–H groups in total. The van der Waals surface area contributed by atoms with Gasteiger partial charge in [-0.1, -0.05) is 25.2 Å².